The molecule has 206 valence electrons. The number of hydrogen-bond donors (Lipinski definition) is 1. The molecule has 1 amide bonds. The lowest BCUT2D eigenvalue weighted by Gasteiger charge is -2.38. The first kappa shape index (κ1) is 27.4. The number of carbonyl (C=O) groups is 1. The molecule has 39 heavy (non-hydrogen) atoms. The van der Waals surface area contributed by atoms with E-state index in [1.807, 2.05) is 18.2 Å². The summed E-state index contributed by atoms with van der Waals surface area (Å²) < 4.78 is 68.0. The molecule has 0 spiro atoms. The molecule has 1 saturated heterocycles. The van der Waals surface area contributed by atoms with Crippen LogP contribution in [0.15, 0.2) is 83.8 Å². The van der Waals surface area contributed by atoms with Crippen molar-refractivity contribution in [1.82, 2.24) is 9.21 Å². The van der Waals surface area contributed by atoms with Crippen LogP contribution in [0.3, 0.4) is 0 Å². The quantitative estimate of drug-likeness (QED) is 0.382. The summed E-state index contributed by atoms with van der Waals surface area (Å²) in [6.07, 6.45) is -1.36. The van der Waals surface area contributed by atoms with Gasteiger partial charge >= 0.3 is 6.18 Å². The van der Waals surface area contributed by atoms with Crippen LogP contribution >= 0.6 is 0 Å². The Morgan fingerprint density at radius 3 is 2.13 bits per heavy atom. The van der Waals surface area contributed by atoms with Crippen LogP contribution in [0.4, 0.5) is 18.9 Å². The van der Waals surface area contributed by atoms with Gasteiger partial charge in [0.05, 0.1) is 10.5 Å². The van der Waals surface area contributed by atoms with Gasteiger partial charge in [0.15, 0.2) is 0 Å². The van der Waals surface area contributed by atoms with E-state index in [0.29, 0.717) is 5.69 Å². The molecule has 3 aromatic rings. The van der Waals surface area contributed by atoms with Gasteiger partial charge in [0.2, 0.25) is 10.0 Å². The van der Waals surface area contributed by atoms with Crippen molar-refractivity contribution in [2.45, 2.75) is 55.4 Å². The van der Waals surface area contributed by atoms with Crippen molar-refractivity contribution < 1.29 is 26.4 Å². The molecule has 10 heteroatoms. The smallest absolute Gasteiger partial charge is 0.322 e. The number of amides is 1. The van der Waals surface area contributed by atoms with E-state index in [4.69, 9.17) is 0 Å². The van der Waals surface area contributed by atoms with Crippen molar-refractivity contribution in [3.8, 4) is 0 Å². The summed E-state index contributed by atoms with van der Waals surface area (Å²) in [4.78, 5) is 15.0. The van der Waals surface area contributed by atoms with Crippen molar-refractivity contribution in [2.75, 3.05) is 18.4 Å². The van der Waals surface area contributed by atoms with E-state index in [1.54, 1.807) is 4.31 Å². The van der Waals surface area contributed by atoms with Gasteiger partial charge in [0.1, 0.15) is 0 Å². The molecule has 1 heterocycles. The molecule has 3 aromatic carbocycles. The molecule has 0 aromatic heterocycles. The Balaban J connectivity index is 1.24. The Labute approximate surface area is 226 Å². The highest BCUT2D eigenvalue weighted by atomic mass is 32.2. The number of nitrogens with one attached hydrogen (secondary N) is 1. The van der Waals surface area contributed by atoms with Crippen LogP contribution in [0, 0.1) is 0 Å². The van der Waals surface area contributed by atoms with Crippen LogP contribution in [-0.2, 0) is 22.7 Å². The summed E-state index contributed by atoms with van der Waals surface area (Å²) in [5, 5.41) is 2.55. The van der Waals surface area contributed by atoms with Gasteiger partial charge < -0.3 is 5.32 Å². The van der Waals surface area contributed by atoms with E-state index < -0.39 is 27.7 Å². The number of hydrogen-bond acceptors (Lipinski definition) is 4. The van der Waals surface area contributed by atoms with Gasteiger partial charge in [-0.3, -0.25) is 9.69 Å². The third-order valence-corrected chi connectivity index (χ3v) is 9.23. The van der Waals surface area contributed by atoms with Crippen LogP contribution < -0.4 is 5.32 Å². The number of sulfonamides is 1. The molecular weight excluding hydrogens is 527 g/mol. The minimum Gasteiger partial charge on any atom is -0.322 e. The molecule has 0 bridgehead atoms. The third kappa shape index (κ3) is 6.51. The van der Waals surface area contributed by atoms with E-state index in [2.05, 4.69) is 22.3 Å². The Morgan fingerprint density at radius 1 is 0.872 bits per heavy atom. The van der Waals surface area contributed by atoms with Crippen molar-refractivity contribution >= 4 is 21.6 Å². The SMILES string of the molecule is O=C(Nc1ccc(S(=O)(=O)N(C2CC2)C2CCN(Cc3ccccc3)CC2)cc1)c1cccc(C(F)(F)F)c1. The van der Waals surface area contributed by atoms with Gasteiger partial charge in [-0.15, -0.1) is 0 Å². The largest absolute Gasteiger partial charge is 0.416 e. The number of alkyl halides is 3. The van der Waals surface area contributed by atoms with Crippen molar-refractivity contribution in [2.24, 2.45) is 0 Å². The van der Waals surface area contributed by atoms with Crippen LogP contribution in [-0.4, -0.2) is 48.7 Å². The van der Waals surface area contributed by atoms with Gasteiger partial charge in [0, 0.05) is 43.0 Å². The topological polar surface area (TPSA) is 69.7 Å². The first-order chi connectivity index (χ1) is 18.6. The summed E-state index contributed by atoms with van der Waals surface area (Å²) in [5.74, 6) is -0.710. The molecule has 0 atom stereocenters. The number of benzene rings is 3. The molecule has 0 unspecified atom stereocenters. The van der Waals surface area contributed by atoms with Crippen molar-refractivity contribution in [3.05, 3.63) is 95.6 Å². The van der Waals surface area contributed by atoms with E-state index >= 15 is 0 Å². The molecule has 6 nitrogen and oxygen atoms in total. The molecule has 1 aliphatic heterocycles. The highest BCUT2D eigenvalue weighted by molar-refractivity contribution is 7.89. The molecule has 0 radical (unpaired) electrons. The van der Waals surface area contributed by atoms with Gasteiger partial charge in [-0.25, -0.2) is 8.42 Å². The predicted octanol–water partition coefficient (Wildman–Crippen LogP) is 5.78. The van der Waals surface area contributed by atoms with Crippen LogP contribution in [0.5, 0.6) is 0 Å². The van der Waals surface area contributed by atoms with E-state index in [9.17, 15) is 26.4 Å². The fraction of sp³-hybridized carbons (Fsp3) is 0.345. The predicted molar refractivity (Wildman–Crippen MR) is 143 cm³/mol. The summed E-state index contributed by atoms with van der Waals surface area (Å²) >= 11 is 0. The molecule has 2 aliphatic rings. The van der Waals surface area contributed by atoms with Crippen LogP contribution in [0.25, 0.3) is 0 Å². The van der Waals surface area contributed by atoms with Crippen molar-refractivity contribution in [3.63, 3.8) is 0 Å². The van der Waals surface area contributed by atoms with Gasteiger partial charge in [0.25, 0.3) is 5.91 Å². The van der Waals surface area contributed by atoms with Crippen LogP contribution in [0.2, 0.25) is 0 Å². The Hall–Kier alpha value is -3.21. The zero-order valence-corrected chi connectivity index (χ0v) is 22.1. The number of anilines is 1. The highest BCUT2D eigenvalue weighted by Crippen LogP contribution is 2.37. The van der Waals surface area contributed by atoms with Gasteiger partial charge in [-0.1, -0.05) is 36.4 Å². The monoisotopic (exact) mass is 557 g/mol. The van der Waals surface area contributed by atoms with E-state index in [-0.39, 0.29) is 22.5 Å². The lowest BCUT2D eigenvalue weighted by molar-refractivity contribution is -0.137. The first-order valence-corrected chi connectivity index (χ1v) is 14.4. The molecule has 1 saturated carbocycles. The standard InChI is InChI=1S/C29H30F3N3O3S/c30-29(31,32)23-8-4-7-22(19-23)28(36)33-24-9-13-27(14-10-24)39(37,38)35(25-11-12-25)26-15-17-34(18-16-26)20-21-5-2-1-3-6-21/h1-10,13-14,19,25-26H,11-12,15-18,20H2,(H,33,36). The molecule has 5 rings (SSSR count). The maximum absolute atomic E-state index is 13.7. The number of nitrogens with zero attached hydrogens (tertiary/aromatic N) is 2. The number of halogens is 3. The lowest BCUT2D eigenvalue weighted by atomic mass is 10.0. The summed E-state index contributed by atoms with van der Waals surface area (Å²) in [6.45, 7) is 2.48. The Morgan fingerprint density at radius 2 is 1.51 bits per heavy atom. The Kier molecular flexibility index (Phi) is 7.80. The van der Waals surface area contributed by atoms with Crippen LogP contribution in [0.1, 0.15) is 47.2 Å². The number of rotatable bonds is 8. The summed E-state index contributed by atoms with van der Waals surface area (Å²) in [6, 6.07) is 20.1. The van der Waals surface area contributed by atoms with E-state index in [0.717, 1.165) is 57.5 Å². The maximum Gasteiger partial charge on any atom is 0.416 e. The Bertz CT molecular complexity index is 1400. The maximum atomic E-state index is 13.7. The third-order valence-electron chi connectivity index (χ3n) is 7.21. The first-order valence-electron chi connectivity index (χ1n) is 13.0. The minimum atomic E-state index is -4.56. The molecular formula is C29H30F3N3O3S. The molecule has 2 fully saturated rings. The summed E-state index contributed by atoms with van der Waals surface area (Å²) in [5.41, 5.74) is 0.481. The molecule has 1 aliphatic carbocycles. The normalized spacial score (nSPS) is 17.3. The average Bonchev–Trinajstić information content (AvgIpc) is 3.75. The van der Waals surface area contributed by atoms with Gasteiger partial charge in [-0.2, -0.15) is 17.5 Å². The number of likely N-dealkylation sites (tertiary alicyclic amines) is 1. The molecule has 1 N–H and O–H groups in total. The zero-order valence-electron chi connectivity index (χ0n) is 21.3. The van der Waals surface area contributed by atoms with Crippen molar-refractivity contribution in [1.29, 1.82) is 0 Å². The lowest BCUT2D eigenvalue weighted by Crippen LogP contribution is -2.48. The second-order valence-electron chi connectivity index (χ2n) is 10.1. The fourth-order valence-electron chi connectivity index (χ4n) is 5.07. The zero-order chi connectivity index (χ0) is 27.6. The van der Waals surface area contributed by atoms with E-state index in [1.165, 1.54) is 42.0 Å². The average molecular weight is 558 g/mol. The second kappa shape index (κ2) is 11.1. The minimum absolute atomic E-state index is 0.000890. The van der Waals surface area contributed by atoms with Gasteiger partial charge in [-0.05, 0) is 73.7 Å². The number of piperidine rings is 1. The fourth-order valence-corrected chi connectivity index (χ4v) is 7.00. The second-order valence-corrected chi connectivity index (χ2v) is 12.0. The highest BCUT2D eigenvalue weighted by Gasteiger charge is 2.43. The summed E-state index contributed by atoms with van der Waals surface area (Å²) in [7, 11) is -3.76. The number of carbonyl (C=O) groups excluding carboxylic acids is 1.